The lowest BCUT2D eigenvalue weighted by atomic mass is 10.0. The number of halogens is 1. The molecule has 0 saturated carbocycles. The van der Waals surface area contributed by atoms with Crippen LogP contribution in [0.4, 0.5) is 10.1 Å². The molecule has 0 fully saturated rings. The van der Waals surface area contributed by atoms with Crippen molar-refractivity contribution in [3.8, 4) is 0 Å². The topological polar surface area (TPSA) is 43.1 Å². The summed E-state index contributed by atoms with van der Waals surface area (Å²) in [5, 5.41) is 0. The fraction of sp³-hybridized carbons (Fsp3) is 0.571. The average molecular weight is 271 g/mol. The fourth-order valence-electron chi connectivity index (χ4n) is 1.90. The Balaban J connectivity index is 2.68. The number of nitrogens with two attached hydrogens (primary N) is 1. The van der Waals surface area contributed by atoms with Gasteiger partial charge in [0.1, 0.15) is 5.82 Å². The van der Waals surface area contributed by atoms with Crippen molar-refractivity contribution in [2.45, 2.75) is 44.4 Å². The standard InChI is InChI=1S/C14H22FNOS/c1-3-5-6-11(4-2)10-18(17)14-8-7-12(16)9-13(14)15/h7-9,11H,3-6,10,16H2,1-2H3. The summed E-state index contributed by atoms with van der Waals surface area (Å²) < 4.78 is 25.8. The van der Waals surface area contributed by atoms with Crippen molar-refractivity contribution >= 4 is 16.5 Å². The smallest absolute Gasteiger partial charge is 0.141 e. The summed E-state index contributed by atoms with van der Waals surface area (Å²) in [7, 11) is -1.27. The molecule has 4 heteroatoms. The first-order valence-corrected chi connectivity index (χ1v) is 7.83. The van der Waals surface area contributed by atoms with E-state index in [4.69, 9.17) is 5.73 Å². The van der Waals surface area contributed by atoms with Crippen LogP contribution in [0.3, 0.4) is 0 Å². The quantitative estimate of drug-likeness (QED) is 0.768. The maximum absolute atomic E-state index is 13.6. The van der Waals surface area contributed by atoms with Crippen LogP contribution in [0.5, 0.6) is 0 Å². The first kappa shape index (κ1) is 15.2. The highest BCUT2D eigenvalue weighted by Crippen LogP contribution is 2.20. The molecule has 0 aliphatic heterocycles. The summed E-state index contributed by atoms with van der Waals surface area (Å²) in [5.41, 5.74) is 5.85. The van der Waals surface area contributed by atoms with Crippen molar-refractivity contribution < 1.29 is 8.60 Å². The van der Waals surface area contributed by atoms with Crippen LogP contribution in [0.2, 0.25) is 0 Å². The summed E-state index contributed by atoms with van der Waals surface area (Å²) in [6.45, 7) is 4.24. The minimum atomic E-state index is -1.27. The molecule has 2 nitrogen and oxygen atoms in total. The number of unbranched alkanes of at least 4 members (excludes halogenated alkanes) is 1. The number of benzene rings is 1. The zero-order valence-electron chi connectivity index (χ0n) is 11.1. The van der Waals surface area contributed by atoms with Gasteiger partial charge in [0, 0.05) is 11.4 Å². The zero-order valence-corrected chi connectivity index (χ0v) is 11.9. The Morgan fingerprint density at radius 2 is 2.11 bits per heavy atom. The van der Waals surface area contributed by atoms with Crippen molar-refractivity contribution in [2.24, 2.45) is 5.92 Å². The van der Waals surface area contributed by atoms with Crippen LogP contribution in [-0.4, -0.2) is 9.96 Å². The molecule has 1 aromatic carbocycles. The van der Waals surface area contributed by atoms with Gasteiger partial charge in [-0.3, -0.25) is 4.21 Å². The van der Waals surface area contributed by atoms with E-state index >= 15 is 0 Å². The maximum atomic E-state index is 13.6. The minimum Gasteiger partial charge on any atom is -0.399 e. The van der Waals surface area contributed by atoms with Crippen molar-refractivity contribution in [3.05, 3.63) is 24.0 Å². The molecule has 0 amide bonds. The molecule has 0 radical (unpaired) electrons. The average Bonchev–Trinajstić information content (AvgIpc) is 2.34. The van der Waals surface area contributed by atoms with Crippen molar-refractivity contribution in [3.63, 3.8) is 0 Å². The first-order valence-electron chi connectivity index (χ1n) is 6.51. The number of hydrogen-bond acceptors (Lipinski definition) is 2. The highest BCUT2D eigenvalue weighted by Gasteiger charge is 2.15. The van der Waals surface area contributed by atoms with E-state index in [1.165, 1.54) is 12.1 Å². The van der Waals surface area contributed by atoms with Gasteiger partial charge in [0.15, 0.2) is 0 Å². The summed E-state index contributed by atoms with van der Waals surface area (Å²) in [6.07, 6.45) is 4.33. The van der Waals surface area contributed by atoms with Crippen molar-refractivity contribution in [1.29, 1.82) is 0 Å². The zero-order chi connectivity index (χ0) is 13.5. The molecular formula is C14H22FNOS. The third-order valence-corrected chi connectivity index (χ3v) is 4.73. The second-order valence-corrected chi connectivity index (χ2v) is 6.08. The van der Waals surface area contributed by atoms with Gasteiger partial charge in [-0.25, -0.2) is 4.39 Å². The van der Waals surface area contributed by atoms with Crippen molar-refractivity contribution in [2.75, 3.05) is 11.5 Å². The van der Waals surface area contributed by atoms with E-state index in [1.807, 2.05) is 0 Å². The normalized spacial score (nSPS) is 14.4. The molecule has 2 unspecified atom stereocenters. The molecule has 0 aliphatic rings. The Labute approximate surface area is 111 Å². The molecule has 102 valence electrons. The minimum absolute atomic E-state index is 0.277. The number of nitrogen functional groups attached to an aromatic ring is 1. The lowest BCUT2D eigenvalue weighted by molar-refractivity contribution is 0.493. The molecule has 18 heavy (non-hydrogen) atoms. The third kappa shape index (κ3) is 4.41. The van der Waals surface area contributed by atoms with Gasteiger partial charge in [0.2, 0.25) is 0 Å². The lowest BCUT2D eigenvalue weighted by Gasteiger charge is -2.14. The van der Waals surface area contributed by atoms with Crippen LogP contribution in [0.15, 0.2) is 23.1 Å². The molecule has 0 aliphatic carbocycles. The van der Waals surface area contributed by atoms with Gasteiger partial charge in [0.05, 0.1) is 15.7 Å². The van der Waals surface area contributed by atoms with Crippen LogP contribution in [0, 0.1) is 11.7 Å². The summed E-state index contributed by atoms with van der Waals surface area (Å²) >= 11 is 0. The molecule has 0 bridgehead atoms. The summed E-state index contributed by atoms with van der Waals surface area (Å²) in [5.74, 6) is 0.485. The van der Waals surface area contributed by atoms with Crippen LogP contribution in [0.1, 0.15) is 39.5 Å². The van der Waals surface area contributed by atoms with E-state index in [0.717, 1.165) is 25.7 Å². The monoisotopic (exact) mass is 271 g/mol. The Morgan fingerprint density at radius 3 is 2.67 bits per heavy atom. The van der Waals surface area contributed by atoms with E-state index < -0.39 is 16.6 Å². The summed E-state index contributed by atoms with van der Waals surface area (Å²) in [4.78, 5) is 0.277. The number of rotatable bonds is 7. The van der Waals surface area contributed by atoms with Crippen LogP contribution in [-0.2, 0) is 10.8 Å². The molecule has 0 spiro atoms. The predicted molar refractivity (Wildman–Crippen MR) is 75.4 cm³/mol. The van der Waals surface area contributed by atoms with Gasteiger partial charge in [0.25, 0.3) is 0 Å². The Hall–Kier alpha value is -0.900. The number of hydrogen-bond donors (Lipinski definition) is 1. The number of anilines is 1. The first-order chi connectivity index (χ1) is 8.58. The SMILES string of the molecule is CCCCC(CC)CS(=O)c1ccc(N)cc1F. The molecule has 1 aromatic rings. The maximum Gasteiger partial charge on any atom is 0.141 e. The molecular weight excluding hydrogens is 249 g/mol. The fourth-order valence-corrected chi connectivity index (χ4v) is 3.41. The molecule has 0 saturated heterocycles. The van der Waals surface area contributed by atoms with Gasteiger partial charge in [-0.15, -0.1) is 0 Å². The van der Waals surface area contributed by atoms with E-state index in [1.54, 1.807) is 6.07 Å². The van der Waals surface area contributed by atoms with Gasteiger partial charge in [-0.2, -0.15) is 0 Å². The molecule has 2 atom stereocenters. The van der Waals surface area contributed by atoms with E-state index in [2.05, 4.69) is 13.8 Å². The highest BCUT2D eigenvalue weighted by atomic mass is 32.2. The van der Waals surface area contributed by atoms with Crippen LogP contribution in [0.25, 0.3) is 0 Å². The van der Waals surface area contributed by atoms with Crippen LogP contribution >= 0.6 is 0 Å². The molecule has 2 N–H and O–H groups in total. The summed E-state index contributed by atoms with van der Waals surface area (Å²) in [6, 6.07) is 4.37. The third-order valence-electron chi connectivity index (χ3n) is 3.13. The largest absolute Gasteiger partial charge is 0.399 e. The van der Waals surface area contributed by atoms with Gasteiger partial charge in [-0.05, 0) is 30.5 Å². The van der Waals surface area contributed by atoms with E-state index in [-0.39, 0.29) is 4.90 Å². The second kappa shape index (κ2) is 7.52. The molecule has 1 rings (SSSR count). The predicted octanol–water partition coefficient (Wildman–Crippen LogP) is 3.73. The Bertz CT molecular complexity index is 409. The van der Waals surface area contributed by atoms with Gasteiger partial charge >= 0.3 is 0 Å². The lowest BCUT2D eigenvalue weighted by Crippen LogP contribution is -2.12. The van der Waals surface area contributed by atoms with Crippen LogP contribution < -0.4 is 5.73 Å². The highest BCUT2D eigenvalue weighted by molar-refractivity contribution is 7.85. The van der Waals surface area contributed by atoms with E-state index in [9.17, 15) is 8.60 Å². The second-order valence-electron chi connectivity index (χ2n) is 4.62. The molecule has 0 heterocycles. The van der Waals surface area contributed by atoms with Gasteiger partial charge < -0.3 is 5.73 Å². The Kier molecular flexibility index (Phi) is 6.33. The van der Waals surface area contributed by atoms with E-state index in [0.29, 0.717) is 17.4 Å². The van der Waals surface area contributed by atoms with Crippen molar-refractivity contribution in [1.82, 2.24) is 0 Å². The van der Waals surface area contributed by atoms with Gasteiger partial charge in [-0.1, -0.05) is 33.1 Å². The Morgan fingerprint density at radius 1 is 1.39 bits per heavy atom. The molecule has 0 aromatic heterocycles.